The fourth-order valence-electron chi connectivity index (χ4n) is 2.33. The first-order valence-electron chi connectivity index (χ1n) is 7.78. The fourth-order valence-corrected chi connectivity index (χ4v) is 2.33. The molecule has 0 bridgehead atoms. The van der Waals surface area contributed by atoms with E-state index in [0.717, 1.165) is 18.7 Å². The van der Waals surface area contributed by atoms with Gasteiger partial charge >= 0.3 is 0 Å². The van der Waals surface area contributed by atoms with E-state index in [4.69, 9.17) is 5.73 Å². The second-order valence-corrected chi connectivity index (χ2v) is 6.04. The zero-order chi connectivity index (χ0) is 15.1. The molecule has 0 aliphatic carbocycles. The number of nitrogens with two attached hydrogens (primary N) is 1. The summed E-state index contributed by atoms with van der Waals surface area (Å²) in [6.45, 7) is 5.33. The van der Waals surface area contributed by atoms with E-state index in [9.17, 15) is 0 Å². The number of hydrogen-bond donors (Lipinski definition) is 2. The van der Waals surface area contributed by atoms with Crippen LogP contribution in [0.3, 0.4) is 0 Å². The minimum Gasteiger partial charge on any atom is -0.381 e. The molecule has 0 radical (unpaired) electrons. The average molecular weight is 319 g/mol. The minimum absolute atomic E-state index is 0. The molecular weight excluding hydrogens is 292 g/mol. The van der Waals surface area contributed by atoms with Crippen molar-refractivity contribution in [3.8, 4) is 0 Å². The molecule has 0 amide bonds. The van der Waals surface area contributed by atoms with E-state index in [1.807, 2.05) is 6.07 Å². The van der Waals surface area contributed by atoms with Crippen LogP contribution in [0.15, 0.2) is 54.6 Å². The third-order valence-electron chi connectivity index (χ3n) is 3.73. The molecule has 0 aliphatic heterocycles. The highest BCUT2D eigenvalue weighted by molar-refractivity contribution is 5.85. The molecule has 0 unspecified atom stereocenters. The van der Waals surface area contributed by atoms with Crippen molar-refractivity contribution in [1.82, 2.24) is 0 Å². The first-order chi connectivity index (χ1) is 10.1. The summed E-state index contributed by atoms with van der Waals surface area (Å²) in [7, 11) is 0. The highest BCUT2D eigenvalue weighted by atomic mass is 35.5. The number of benzene rings is 2. The van der Waals surface area contributed by atoms with Gasteiger partial charge in [-0.2, -0.15) is 0 Å². The summed E-state index contributed by atoms with van der Waals surface area (Å²) in [6, 6.07) is 19.1. The van der Waals surface area contributed by atoms with Crippen LogP contribution in [0, 0.1) is 5.92 Å². The van der Waals surface area contributed by atoms with Gasteiger partial charge in [0.05, 0.1) is 0 Å². The number of halogens is 1. The van der Waals surface area contributed by atoms with Crippen LogP contribution in [-0.4, -0.2) is 0 Å². The number of rotatable bonds is 7. The zero-order valence-electron chi connectivity index (χ0n) is 13.5. The Balaban J connectivity index is 0.00000242. The van der Waals surface area contributed by atoms with E-state index in [0.29, 0.717) is 5.92 Å². The van der Waals surface area contributed by atoms with Gasteiger partial charge in [-0.05, 0) is 42.0 Å². The van der Waals surface area contributed by atoms with E-state index in [-0.39, 0.29) is 18.4 Å². The van der Waals surface area contributed by atoms with Crippen molar-refractivity contribution in [3.05, 3.63) is 65.7 Å². The maximum atomic E-state index is 6.24. The molecule has 120 valence electrons. The largest absolute Gasteiger partial charge is 0.381 e. The van der Waals surface area contributed by atoms with Crippen LogP contribution in [0.2, 0.25) is 0 Å². The van der Waals surface area contributed by atoms with Crippen molar-refractivity contribution in [2.24, 2.45) is 11.7 Å². The Morgan fingerprint density at radius 2 is 1.55 bits per heavy atom. The van der Waals surface area contributed by atoms with Crippen LogP contribution in [0.1, 0.15) is 43.9 Å². The second kappa shape index (κ2) is 9.50. The van der Waals surface area contributed by atoms with Crippen molar-refractivity contribution in [3.63, 3.8) is 0 Å². The molecule has 0 heterocycles. The third kappa shape index (κ3) is 6.08. The first-order valence-corrected chi connectivity index (χ1v) is 7.78. The molecule has 2 aromatic rings. The predicted molar refractivity (Wildman–Crippen MR) is 98.5 cm³/mol. The van der Waals surface area contributed by atoms with Gasteiger partial charge in [0.25, 0.3) is 0 Å². The van der Waals surface area contributed by atoms with Crippen LogP contribution in [-0.2, 0) is 6.54 Å². The van der Waals surface area contributed by atoms with E-state index in [1.165, 1.54) is 17.5 Å². The summed E-state index contributed by atoms with van der Waals surface area (Å²) in [6.07, 6.45) is 2.23. The normalized spacial score (nSPS) is 11.8. The maximum Gasteiger partial charge on any atom is 0.0400 e. The lowest BCUT2D eigenvalue weighted by Gasteiger charge is -2.14. The molecule has 22 heavy (non-hydrogen) atoms. The number of anilines is 1. The monoisotopic (exact) mass is 318 g/mol. The molecule has 0 fully saturated rings. The molecule has 2 nitrogen and oxygen atoms in total. The van der Waals surface area contributed by atoms with E-state index in [2.05, 4.69) is 67.7 Å². The van der Waals surface area contributed by atoms with Crippen molar-refractivity contribution in [2.75, 3.05) is 5.32 Å². The standard InChI is InChI=1S/C19H26N2.ClH/c1-15(2)8-13-19(20)17-9-11-18(12-10-17)21-14-16-6-4-3-5-7-16;/h3-7,9-12,15,19,21H,8,13-14,20H2,1-2H3;1H/t19-;/m1./s1. The molecular formula is C19H27ClN2. The van der Waals surface area contributed by atoms with Gasteiger partial charge in [0.2, 0.25) is 0 Å². The number of nitrogens with one attached hydrogen (secondary N) is 1. The summed E-state index contributed by atoms with van der Waals surface area (Å²) in [5.74, 6) is 0.711. The molecule has 0 spiro atoms. The van der Waals surface area contributed by atoms with E-state index >= 15 is 0 Å². The Hall–Kier alpha value is -1.51. The molecule has 2 aromatic carbocycles. The van der Waals surface area contributed by atoms with Gasteiger partial charge in [0.15, 0.2) is 0 Å². The van der Waals surface area contributed by atoms with Gasteiger partial charge in [-0.25, -0.2) is 0 Å². The topological polar surface area (TPSA) is 38.0 Å². The summed E-state index contributed by atoms with van der Waals surface area (Å²) in [5, 5.41) is 3.44. The lowest BCUT2D eigenvalue weighted by Crippen LogP contribution is -2.11. The smallest absolute Gasteiger partial charge is 0.0400 e. The Labute approximate surface area is 140 Å². The maximum absolute atomic E-state index is 6.24. The van der Waals surface area contributed by atoms with Gasteiger partial charge in [0.1, 0.15) is 0 Å². The van der Waals surface area contributed by atoms with Crippen molar-refractivity contribution < 1.29 is 0 Å². The van der Waals surface area contributed by atoms with Crippen molar-refractivity contribution in [2.45, 2.75) is 39.3 Å². The van der Waals surface area contributed by atoms with Crippen LogP contribution in [0.5, 0.6) is 0 Å². The molecule has 0 saturated carbocycles. The summed E-state index contributed by atoms with van der Waals surface area (Å²) >= 11 is 0. The fraction of sp³-hybridized carbons (Fsp3) is 0.368. The van der Waals surface area contributed by atoms with Gasteiger partial charge in [-0.1, -0.05) is 56.3 Å². The van der Waals surface area contributed by atoms with Crippen molar-refractivity contribution >= 4 is 18.1 Å². The van der Waals surface area contributed by atoms with Gasteiger partial charge < -0.3 is 11.1 Å². The molecule has 0 aliphatic rings. The summed E-state index contributed by atoms with van der Waals surface area (Å²) < 4.78 is 0. The average Bonchev–Trinajstić information content (AvgIpc) is 2.52. The Morgan fingerprint density at radius 3 is 2.14 bits per heavy atom. The molecule has 0 saturated heterocycles. The highest BCUT2D eigenvalue weighted by Crippen LogP contribution is 2.20. The lowest BCUT2D eigenvalue weighted by atomic mass is 9.98. The first kappa shape index (κ1) is 18.5. The molecule has 3 heteroatoms. The van der Waals surface area contributed by atoms with Crippen LogP contribution >= 0.6 is 12.4 Å². The van der Waals surface area contributed by atoms with E-state index < -0.39 is 0 Å². The summed E-state index contributed by atoms with van der Waals surface area (Å²) in [4.78, 5) is 0. The number of hydrogen-bond acceptors (Lipinski definition) is 2. The summed E-state index contributed by atoms with van der Waals surface area (Å²) in [5.41, 5.74) is 9.89. The quantitative estimate of drug-likeness (QED) is 0.740. The Kier molecular flexibility index (Phi) is 8.00. The molecule has 3 N–H and O–H groups in total. The highest BCUT2D eigenvalue weighted by Gasteiger charge is 2.07. The lowest BCUT2D eigenvalue weighted by molar-refractivity contribution is 0.507. The zero-order valence-corrected chi connectivity index (χ0v) is 14.3. The van der Waals surface area contributed by atoms with Gasteiger partial charge in [-0.3, -0.25) is 0 Å². The predicted octanol–water partition coefficient (Wildman–Crippen LogP) is 5.16. The van der Waals surface area contributed by atoms with Crippen LogP contribution in [0.25, 0.3) is 0 Å². The second-order valence-electron chi connectivity index (χ2n) is 6.04. The third-order valence-corrected chi connectivity index (χ3v) is 3.73. The van der Waals surface area contributed by atoms with Crippen molar-refractivity contribution in [1.29, 1.82) is 0 Å². The van der Waals surface area contributed by atoms with Gasteiger partial charge in [-0.15, -0.1) is 12.4 Å². The Bertz CT molecular complexity index is 523. The molecule has 2 rings (SSSR count). The van der Waals surface area contributed by atoms with Gasteiger partial charge in [0, 0.05) is 18.3 Å². The molecule has 0 aromatic heterocycles. The van der Waals surface area contributed by atoms with E-state index in [1.54, 1.807) is 0 Å². The van der Waals surface area contributed by atoms with Crippen LogP contribution < -0.4 is 11.1 Å². The molecule has 1 atom stereocenters. The van der Waals surface area contributed by atoms with Crippen LogP contribution in [0.4, 0.5) is 5.69 Å². The minimum atomic E-state index is 0. The Morgan fingerprint density at radius 1 is 0.909 bits per heavy atom. The SMILES string of the molecule is CC(C)CC[C@@H](N)c1ccc(NCc2ccccc2)cc1.Cl.